The summed E-state index contributed by atoms with van der Waals surface area (Å²) in [5.74, 6) is 0. The van der Waals surface area contributed by atoms with Crippen LogP contribution in [0.15, 0.2) is 29.1 Å². The number of aromatic nitrogens is 2. The quantitative estimate of drug-likeness (QED) is 0.885. The average Bonchev–Trinajstić information content (AvgIpc) is 3.03. The highest BCUT2D eigenvalue weighted by Crippen LogP contribution is 2.16. The summed E-state index contributed by atoms with van der Waals surface area (Å²) in [6.07, 6.45) is 5.63. The van der Waals surface area contributed by atoms with Gasteiger partial charge in [-0.15, -0.1) is 0 Å². The number of hydrogen-bond acceptors (Lipinski definition) is 5. The molecule has 0 unspecified atom stereocenters. The number of rotatable bonds is 5. The Hall–Kier alpha value is -1.64. The summed E-state index contributed by atoms with van der Waals surface area (Å²) in [4.78, 5) is 2.35. The van der Waals surface area contributed by atoms with E-state index in [0.717, 1.165) is 55.8 Å². The first-order valence-electron chi connectivity index (χ1n) is 7.23. The lowest BCUT2D eigenvalue weighted by Crippen LogP contribution is -2.22. The predicted molar refractivity (Wildman–Crippen MR) is 81.3 cm³/mol. The summed E-state index contributed by atoms with van der Waals surface area (Å²) in [6, 6.07) is 3.95. The van der Waals surface area contributed by atoms with E-state index < -0.39 is 10.0 Å². The zero-order valence-corrected chi connectivity index (χ0v) is 13.3. The summed E-state index contributed by atoms with van der Waals surface area (Å²) in [5, 5.41) is 4.49. The van der Waals surface area contributed by atoms with Crippen LogP contribution in [0.1, 0.15) is 23.4 Å². The molecule has 1 aliphatic heterocycles. The van der Waals surface area contributed by atoms with Crippen LogP contribution < -0.4 is 4.72 Å². The molecule has 0 aromatic carbocycles. The van der Waals surface area contributed by atoms with Gasteiger partial charge in [-0.3, -0.25) is 9.58 Å². The molecule has 0 saturated carbocycles. The Balaban J connectivity index is 1.68. The molecule has 0 spiro atoms. The number of sulfonamides is 1. The molecule has 1 aliphatic rings. The standard InChI is InChI=1S/C14H20N4O3S/c1-22(19,20)15-8-13-7-14-10-17(4-2-5-18(14)16-13)9-12-3-6-21-11-12/h3,6-7,11,15H,2,4-5,8-10H2,1H3. The van der Waals surface area contributed by atoms with E-state index in [0.29, 0.717) is 0 Å². The van der Waals surface area contributed by atoms with Crippen LogP contribution in [0.25, 0.3) is 0 Å². The van der Waals surface area contributed by atoms with Crippen LogP contribution in [0.3, 0.4) is 0 Å². The van der Waals surface area contributed by atoms with Crippen LogP contribution in [-0.2, 0) is 36.2 Å². The smallest absolute Gasteiger partial charge is 0.209 e. The van der Waals surface area contributed by atoms with Crippen molar-refractivity contribution in [2.45, 2.75) is 32.6 Å². The summed E-state index contributed by atoms with van der Waals surface area (Å²) in [5.41, 5.74) is 3.03. The zero-order chi connectivity index (χ0) is 15.6. The molecule has 8 heteroatoms. The largest absolute Gasteiger partial charge is 0.472 e. The van der Waals surface area contributed by atoms with Gasteiger partial charge < -0.3 is 4.42 Å². The van der Waals surface area contributed by atoms with Gasteiger partial charge in [0.15, 0.2) is 0 Å². The van der Waals surface area contributed by atoms with Gasteiger partial charge in [0.1, 0.15) is 0 Å². The molecule has 0 saturated heterocycles. The van der Waals surface area contributed by atoms with Gasteiger partial charge in [0.2, 0.25) is 10.0 Å². The third kappa shape index (κ3) is 3.96. The van der Waals surface area contributed by atoms with Gasteiger partial charge in [0, 0.05) is 31.7 Å². The van der Waals surface area contributed by atoms with Gasteiger partial charge in [0.05, 0.1) is 36.7 Å². The third-order valence-electron chi connectivity index (χ3n) is 3.65. The van der Waals surface area contributed by atoms with Crippen LogP contribution in [0.5, 0.6) is 0 Å². The Morgan fingerprint density at radius 1 is 1.41 bits per heavy atom. The second kappa shape index (κ2) is 6.23. The van der Waals surface area contributed by atoms with E-state index in [1.165, 1.54) is 0 Å². The maximum absolute atomic E-state index is 11.2. The van der Waals surface area contributed by atoms with Gasteiger partial charge in [-0.2, -0.15) is 5.10 Å². The van der Waals surface area contributed by atoms with Gasteiger partial charge in [-0.25, -0.2) is 13.1 Å². The fourth-order valence-electron chi connectivity index (χ4n) is 2.66. The molecule has 22 heavy (non-hydrogen) atoms. The van der Waals surface area contributed by atoms with E-state index in [9.17, 15) is 8.42 Å². The Morgan fingerprint density at radius 3 is 3.00 bits per heavy atom. The molecule has 0 amide bonds. The number of fused-ring (bicyclic) bond motifs is 1. The lowest BCUT2D eigenvalue weighted by molar-refractivity contribution is 0.260. The number of aryl methyl sites for hydroxylation is 1. The van der Waals surface area contributed by atoms with Crippen LogP contribution in [0.2, 0.25) is 0 Å². The molecule has 120 valence electrons. The number of furan rings is 1. The predicted octanol–water partition coefficient (Wildman–Crippen LogP) is 0.931. The number of nitrogens with zero attached hydrogens (tertiary/aromatic N) is 3. The summed E-state index contributed by atoms with van der Waals surface area (Å²) in [6.45, 7) is 3.75. The van der Waals surface area contributed by atoms with Crippen molar-refractivity contribution in [2.75, 3.05) is 12.8 Å². The van der Waals surface area contributed by atoms with E-state index >= 15 is 0 Å². The minimum Gasteiger partial charge on any atom is -0.472 e. The maximum atomic E-state index is 11.2. The van der Waals surface area contributed by atoms with Crippen molar-refractivity contribution in [3.8, 4) is 0 Å². The molecule has 7 nitrogen and oxygen atoms in total. The summed E-state index contributed by atoms with van der Waals surface area (Å²) < 4.78 is 31.9. The first-order valence-corrected chi connectivity index (χ1v) is 9.12. The first kappa shape index (κ1) is 15.3. The van der Waals surface area contributed by atoms with Crippen molar-refractivity contribution >= 4 is 10.0 Å². The number of hydrogen-bond donors (Lipinski definition) is 1. The Kier molecular flexibility index (Phi) is 4.32. The van der Waals surface area contributed by atoms with Crippen molar-refractivity contribution < 1.29 is 12.8 Å². The molecule has 2 aromatic heterocycles. The highest BCUT2D eigenvalue weighted by Gasteiger charge is 2.17. The Labute approximate surface area is 130 Å². The van der Waals surface area contributed by atoms with E-state index in [1.54, 1.807) is 12.5 Å². The highest BCUT2D eigenvalue weighted by atomic mass is 32.2. The Bertz CT molecular complexity index is 721. The molecule has 0 aliphatic carbocycles. The van der Waals surface area contributed by atoms with Gasteiger partial charge in [-0.05, 0) is 18.6 Å². The van der Waals surface area contributed by atoms with Crippen molar-refractivity contribution in [2.24, 2.45) is 0 Å². The molecule has 3 rings (SSSR count). The fourth-order valence-corrected chi connectivity index (χ4v) is 3.07. The number of nitrogens with one attached hydrogen (secondary N) is 1. The second-order valence-corrected chi connectivity index (χ2v) is 7.47. The molecule has 2 aromatic rings. The van der Waals surface area contributed by atoms with E-state index in [1.807, 2.05) is 16.8 Å². The summed E-state index contributed by atoms with van der Waals surface area (Å²) in [7, 11) is -3.20. The van der Waals surface area contributed by atoms with Crippen molar-refractivity contribution in [1.29, 1.82) is 0 Å². The van der Waals surface area contributed by atoms with Crippen LogP contribution in [-0.4, -0.2) is 35.9 Å². The van der Waals surface area contributed by atoms with Gasteiger partial charge >= 0.3 is 0 Å². The molecule has 3 heterocycles. The molecular formula is C14H20N4O3S. The topological polar surface area (TPSA) is 80.4 Å². The van der Waals surface area contributed by atoms with Crippen molar-refractivity contribution in [3.63, 3.8) is 0 Å². The third-order valence-corrected chi connectivity index (χ3v) is 4.31. The second-order valence-electron chi connectivity index (χ2n) is 5.64. The molecule has 0 fully saturated rings. The van der Waals surface area contributed by atoms with Crippen LogP contribution >= 0.6 is 0 Å². The minimum absolute atomic E-state index is 0.237. The average molecular weight is 324 g/mol. The summed E-state index contributed by atoms with van der Waals surface area (Å²) >= 11 is 0. The van der Waals surface area contributed by atoms with E-state index in [-0.39, 0.29) is 6.54 Å². The normalized spacial score (nSPS) is 16.4. The van der Waals surface area contributed by atoms with Gasteiger partial charge in [-0.1, -0.05) is 0 Å². The lowest BCUT2D eigenvalue weighted by atomic mass is 10.2. The zero-order valence-electron chi connectivity index (χ0n) is 12.5. The molecule has 0 atom stereocenters. The SMILES string of the molecule is CS(=O)(=O)NCc1cc2n(n1)CCCN(Cc1ccoc1)C2. The van der Waals surface area contributed by atoms with E-state index in [2.05, 4.69) is 14.7 Å². The Morgan fingerprint density at radius 2 is 2.27 bits per heavy atom. The van der Waals surface area contributed by atoms with Crippen LogP contribution in [0.4, 0.5) is 0 Å². The molecular weight excluding hydrogens is 304 g/mol. The van der Waals surface area contributed by atoms with Gasteiger partial charge in [0.25, 0.3) is 0 Å². The monoisotopic (exact) mass is 324 g/mol. The lowest BCUT2D eigenvalue weighted by Gasteiger charge is -2.18. The van der Waals surface area contributed by atoms with E-state index in [4.69, 9.17) is 4.42 Å². The molecule has 0 radical (unpaired) electrons. The first-order chi connectivity index (χ1) is 10.5. The van der Waals surface area contributed by atoms with Crippen molar-refractivity contribution in [3.05, 3.63) is 41.6 Å². The maximum Gasteiger partial charge on any atom is 0.209 e. The fraction of sp³-hybridized carbons (Fsp3) is 0.500. The molecule has 0 bridgehead atoms. The van der Waals surface area contributed by atoms with Crippen molar-refractivity contribution in [1.82, 2.24) is 19.4 Å². The highest BCUT2D eigenvalue weighted by molar-refractivity contribution is 7.88. The van der Waals surface area contributed by atoms with Crippen LogP contribution in [0, 0.1) is 0 Å². The minimum atomic E-state index is -3.20. The molecule has 1 N–H and O–H groups in total.